The van der Waals surface area contributed by atoms with Gasteiger partial charge in [0.2, 0.25) is 0 Å². The number of amides is 1. The Balaban J connectivity index is 1.62. The Kier molecular flexibility index (Phi) is 4.22. The van der Waals surface area contributed by atoms with E-state index in [9.17, 15) is 4.79 Å². The molecule has 0 aliphatic heterocycles. The van der Waals surface area contributed by atoms with E-state index in [2.05, 4.69) is 5.32 Å². The van der Waals surface area contributed by atoms with Crippen LogP contribution in [-0.2, 0) is 11.3 Å². The minimum atomic E-state index is -1.28. The van der Waals surface area contributed by atoms with E-state index in [0.717, 1.165) is 12.0 Å². The largest absolute Gasteiger partial charge is 0.455 e. The maximum Gasteiger partial charge on any atom is 0.455 e. The van der Waals surface area contributed by atoms with Crippen LogP contribution in [0.5, 0.6) is 0 Å². The van der Waals surface area contributed by atoms with Crippen LogP contribution < -0.4 is 5.32 Å². The third-order valence-electron chi connectivity index (χ3n) is 3.08. The Bertz CT molecular complexity index is 398. The molecule has 1 aliphatic rings. The number of carbonyl (C=O) groups excluding carboxylic acids is 1. The van der Waals surface area contributed by atoms with Gasteiger partial charge in [-0.25, -0.2) is 4.79 Å². The number of nitrogens with one attached hydrogen (secondary N) is 1. The van der Waals surface area contributed by atoms with Crippen molar-refractivity contribution in [2.24, 2.45) is 5.92 Å². The van der Waals surface area contributed by atoms with Gasteiger partial charge in [0.05, 0.1) is 0 Å². The van der Waals surface area contributed by atoms with Gasteiger partial charge in [-0.2, -0.15) is 0 Å². The maximum absolute atomic E-state index is 11.4. The smallest absolute Gasteiger partial charge is 0.445 e. The van der Waals surface area contributed by atoms with Crippen molar-refractivity contribution in [1.29, 1.82) is 0 Å². The van der Waals surface area contributed by atoms with Crippen molar-refractivity contribution >= 4 is 13.2 Å². The number of hydrogen-bond donors (Lipinski definition) is 3. The van der Waals surface area contributed by atoms with Gasteiger partial charge in [0.15, 0.2) is 0 Å². The summed E-state index contributed by atoms with van der Waals surface area (Å²) in [5, 5.41) is 20.4. The van der Waals surface area contributed by atoms with Crippen molar-refractivity contribution in [2.75, 3.05) is 6.54 Å². The lowest BCUT2D eigenvalue weighted by molar-refractivity contribution is 0.139. The molecule has 96 valence electrons. The van der Waals surface area contributed by atoms with Crippen LogP contribution in [0.15, 0.2) is 30.3 Å². The summed E-state index contributed by atoms with van der Waals surface area (Å²) >= 11 is 0. The van der Waals surface area contributed by atoms with Gasteiger partial charge in [-0.3, -0.25) is 0 Å². The fourth-order valence-corrected chi connectivity index (χ4v) is 1.86. The highest BCUT2D eigenvalue weighted by Crippen LogP contribution is 2.45. The van der Waals surface area contributed by atoms with Gasteiger partial charge >= 0.3 is 13.2 Å². The van der Waals surface area contributed by atoms with Crippen molar-refractivity contribution in [3.63, 3.8) is 0 Å². The molecule has 5 nitrogen and oxygen atoms in total. The Morgan fingerprint density at radius 3 is 2.72 bits per heavy atom. The number of benzene rings is 1. The molecule has 0 bridgehead atoms. The lowest BCUT2D eigenvalue weighted by Gasteiger charge is -2.06. The minimum Gasteiger partial charge on any atom is -0.445 e. The Morgan fingerprint density at radius 2 is 2.11 bits per heavy atom. The summed E-state index contributed by atoms with van der Waals surface area (Å²) in [4.78, 5) is 11.4. The molecule has 3 N–H and O–H groups in total. The van der Waals surface area contributed by atoms with Crippen LogP contribution in [0.3, 0.4) is 0 Å². The number of alkyl carbamates (subject to hydrolysis) is 1. The van der Waals surface area contributed by atoms with Gasteiger partial charge in [0.25, 0.3) is 0 Å². The van der Waals surface area contributed by atoms with Crippen LogP contribution in [0.4, 0.5) is 4.79 Å². The molecular formula is C12H16BNO4. The highest BCUT2D eigenvalue weighted by atomic mass is 16.5. The molecule has 1 aromatic carbocycles. The van der Waals surface area contributed by atoms with Crippen LogP contribution in [0.2, 0.25) is 5.82 Å². The average Bonchev–Trinajstić information content (AvgIpc) is 3.15. The molecular weight excluding hydrogens is 233 g/mol. The van der Waals surface area contributed by atoms with E-state index < -0.39 is 13.2 Å². The summed E-state index contributed by atoms with van der Waals surface area (Å²) in [5.74, 6) is 0.0358. The van der Waals surface area contributed by atoms with Gasteiger partial charge in [0.1, 0.15) is 6.61 Å². The highest BCUT2D eigenvalue weighted by Gasteiger charge is 2.45. The molecule has 1 fully saturated rings. The van der Waals surface area contributed by atoms with E-state index in [1.807, 2.05) is 30.3 Å². The highest BCUT2D eigenvalue weighted by molar-refractivity contribution is 6.44. The number of carbonyl (C=O) groups is 1. The molecule has 2 rings (SSSR count). The SMILES string of the molecule is O=C(NCC1CC1B(O)O)OCc1ccccc1. The van der Waals surface area contributed by atoms with Crippen molar-refractivity contribution in [3.05, 3.63) is 35.9 Å². The molecule has 0 saturated heterocycles. The van der Waals surface area contributed by atoms with E-state index in [1.165, 1.54) is 0 Å². The van der Waals surface area contributed by atoms with Gasteiger partial charge in [-0.1, -0.05) is 30.3 Å². The first kappa shape index (κ1) is 12.9. The molecule has 1 amide bonds. The average molecular weight is 249 g/mol. The zero-order valence-electron chi connectivity index (χ0n) is 9.95. The first-order valence-corrected chi connectivity index (χ1v) is 5.97. The third kappa shape index (κ3) is 3.75. The second kappa shape index (κ2) is 5.88. The molecule has 18 heavy (non-hydrogen) atoms. The van der Waals surface area contributed by atoms with Crippen LogP contribution in [0.25, 0.3) is 0 Å². The van der Waals surface area contributed by atoms with Gasteiger partial charge < -0.3 is 20.1 Å². The van der Waals surface area contributed by atoms with Crippen molar-refractivity contribution < 1.29 is 19.6 Å². The van der Waals surface area contributed by atoms with Gasteiger partial charge in [0, 0.05) is 6.54 Å². The number of hydrogen-bond acceptors (Lipinski definition) is 4. The molecule has 1 aromatic rings. The maximum atomic E-state index is 11.4. The predicted octanol–water partition coefficient (Wildman–Crippen LogP) is 0.776. The summed E-state index contributed by atoms with van der Waals surface area (Å²) < 4.78 is 5.03. The molecule has 0 spiro atoms. The van der Waals surface area contributed by atoms with Crippen molar-refractivity contribution in [3.8, 4) is 0 Å². The lowest BCUT2D eigenvalue weighted by atomic mass is 9.82. The van der Waals surface area contributed by atoms with Crippen molar-refractivity contribution in [1.82, 2.24) is 5.32 Å². The van der Waals surface area contributed by atoms with Crippen LogP contribution >= 0.6 is 0 Å². The quantitative estimate of drug-likeness (QED) is 0.673. The fourth-order valence-electron chi connectivity index (χ4n) is 1.86. The summed E-state index contributed by atoms with van der Waals surface area (Å²) in [6.45, 7) is 0.666. The summed E-state index contributed by atoms with van der Waals surface area (Å²) in [7, 11) is -1.28. The molecule has 2 unspecified atom stereocenters. The monoisotopic (exact) mass is 249 g/mol. The zero-order chi connectivity index (χ0) is 13.0. The number of ether oxygens (including phenoxy) is 1. The first-order valence-electron chi connectivity index (χ1n) is 5.97. The van der Waals surface area contributed by atoms with E-state index >= 15 is 0 Å². The second-order valence-corrected chi connectivity index (χ2v) is 4.52. The van der Waals surface area contributed by atoms with Crippen molar-refractivity contribution in [2.45, 2.75) is 18.8 Å². The lowest BCUT2D eigenvalue weighted by Crippen LogP contribution is -2.27. The first-order chi connectivity index (χ1) is 8.66. The van der Waals surface area contributed by atoms with Crippen LogP contribution in [-0.4, -0.2) is 29.8 Å². The van der Waals surface area contributed by atoms with Crippen LogP contribution in [0, 0.1) is 5.92 Å². The minimum absolute atomic E-state index is 0.112. The second-order valence-electron chi connectivity index (χ2n) is 4.52. The predicted molar refractivity (Wildman–Crippen MR) is 66.7 cm³/mol. The topological polar surface area (TPSA) is 78.8 Å². The normalized spacial score (nSPS) is 21.2. The Morgan fingerprint density at radius 1 is 1.39 bits per heavy atom. The molecule has 0 radical (unpaired) electrons. The van der Waals surface area contributed by atoms with E-state index in [-0.39, 0.29) is 18.3 Å². The Labute approximate surface area is 106 Å². The molecule has 6 heteroatoms. The third-order valence-corrected chi connectivity index (χ3v) is 3.08. The Hall–Kier alpha value is -1.53. The van der Waals surface area contributed by atoms with Gasteiger partial charge in [-0.15, -0.1) is 0 Å². The standard InChI is InChI=1S/C12H16BNO4/c15-12(14-7-10-6-11(10)13(16)17)18-8-9-4-2-1-3-5-9/h1-5,10-11,16-17H,6-8H2,(H,14,15). The molecule has 0 heterocycles. The summed E-state index contributed by atoms with van der Waals surface area (Å²) in [6.07, 6.45) is 0.258. The molecule has 1 saturated carbocycles. The molecule has 0 aromatic heterocycles. The summed E-state index contributed by atoms with van der Waals surface area (Å²) in [5.41, 5.74) is 0.933. The fraction of sp³-hybridized carbons (Fsp3) is 0.417. The van der Waals surface area contributed by atoms with Crippen LogP contribution in [0.1, 0.15) is 12.0 Å². The zero-order valence-corrected chi connectivity index (χ0v) is 9.95. The van der Waals surface area contributed by atoms with E-state index in [0.29, 0.717) is 6.54 Å². The van der Waals surface area contributed by atoms with E-state index in [1.54, 1.807) is 0 Å². The molecule has 2 atom stereocenters. The molecule has 1 aliphatic carbocycles. The summed E-state index contributed by atoms with van der Waals surface area (Å²) in [6, 6.07) is 9.43. The van der Waals surface area contributed by atoms with Gasteiger partial charge in [-0.05, 0) is 23.7 Å². The number of rotatable bonds is 5. The van der Waals surface area contributed by atoms with E-state index in [4.69, 9.17) is 14.8 Å².